The van der Waals surface area contributed by atoms with Gasteiger partial charge in [-0.1, -0.05) is 39.5 Å². The number of aromatic nitrogens is 2. The van der Waals surface area contributed by atoms with Crippen LogP contribution in [-0.2, 0) is 6.54 Å². The zero-order valence-corrected chi connectivity index (χ0v) is 17.0. The van der Waals surface area contributed by atoms with Crippen LogP contribution in [-0.4, -0.2) is 46.3 Å². The van der Waals surface area contributed by atoms with Gasteiger partial charge in [0.25, 0.3) is 5.91 Å². The van der Waals surface area contributed by atoms with E-state index in [0.717, 1.165) is 31.9 Å². The molecule has 1 rings (SSSR count). The minimum absolute atomic E-state index is 0.00762. The standard InChI is InChI=1S/C20H38N4O/c1-6-9-11-13-23(14-12-10-7-2)16-17(4)22-20(25)19-15-21-24(8-3)18(19)5/h15,17H,6-14,16H2,1-5H3,(H,22,25). The van der Waals surface area contributed by atoms with Gasteiger partial charge in [-0.05, 0) is 46.7 Å². The van der Waals surface area contributed by atoms with Crippen LogP contribution in [0.2, 0.25) is 0 Å². The van der Waals surface area contributed by atoms with E-state index in [1.165, 1.54) is 38.5 Å². The number of nitrogens with one attached hydrogen (secondary N) is 1. The van der Waals surface area contributed by atoms with Crippen molar-refractivity contribution in [2.24, 2.45) is 0 Å². The van der Waals surface area contributed by atoms with Gasteiger partial charge in [0, 0.05) is 24.8 Å². The maximum atomic E-state index is 12.5. The molecule has 0 bridgehead atoms. The first-order valence-corrected chi connectivity index (χ1v) is 10.1. The molecule has 1 atom stereocenters. The highest BCUT2D eigenvalue weighted by Crippen LogP contribution is 2.08. The quantitative estimate of drug-likeness (QED) is 0.547. The van der Waals surface area contributed by atoms with E-state index >= 15 is 0 Å². The van der Waals surface area contributed by atoms with E-state index in [2.05, 4.69) is 36.1 Å². The Labute approximate surface area is 154 Å². The molecule has 0 aliphatic heterocycles. The molecule has 25 heavy (non-hydrogen) atoms. The lowest BCUT2D eigenvalue weighted by atomic mass is 10.2. The van der Waals surface area contributed by atoms with E-state index in [9.17, 15) is 4.79 Å². The normalized spacial score (nSPS) is 12.6. The molecule has 1 heterocycles. The molecule has 0 aromatic carbocycles. The first-order valence-electron chi connectivity index (χ1n) is 10.1. The van der Waals surface area contributed by atoms with Gasteiger partial charge < -0.3 is 10.2 Å². The molecule has 0 radical (unpaired) electrons. The van der Waals surface area contributed by atoms with Gasteiger partial charge in [0.2, 0.25) is 0 Å². The van der Waals surface area contributed by atoms with Gasteiger partial charge >= 0.3 is 0 Å². The molecule has 0 aliphatic rings. The Morgan fingerprint density at radius 3 is 2.24 bits per heavy atom. The lowest BCUT2D eigenvalue weighted by Crippen LogP contribution is -2.42. The van der Waals surface area contributed by atoms with Gasteiger partial charge in [0.05, 0.1) is 11.8 Å². The molecule has 5 heteroatoms. The number of rotatable bonds is 13. The Morgan fingerprint density at radius 2 is 1.76 bits per heavy atom. The summed E-state index contributed by atoms with van der Waals surface area (Å²) in [5.41, 5.74) is 1.63. The van der Waals surface area contributed by atoms with Crippen molar-refractivity contribution in [2.45, 2.75) is 85.7 Å². The molecular weight excluding hydrogens is 312 g/mol. The van der Waals surface area contributed by atoms with Crippen LogP contribution >= 0.6 is 0 Å². The number of hydrogen-bond donors (Lipinski definition) is 1. The summed E-state index contributed by atoms with van der Waals surface area (Å²) in [7, 11) is 0. The van der Waals surface area contributed by atoms with Crippen LogP contribution in [0.25, 0.3) is 0 Å². The van der Waals surface area contributed by atoms with E-state index in [0.29, 0.717) is 5.56 Å². The predicted octanol–water partition coefficient (Wildman–Crippen LogP) is 4.01. The summed E-state index contributed by atoms with van der Waals surface area (Å²) in [4.78, 5) is 15.0. The summed E-state index contributed by atoms with van der Waals surface area (Å²) in [6.45, 7) is 14.5. The summed E-state index contributed by atoms with van der Waals surface area (Å²) < 4.78 is 1.86. The number of hydrogen-bond acceptors (Lipinski definition) is 3. The van der Waals surface area contributed by atoms with E-state index < -0.39 is 0 Å². The summed E-state index contributed by atoms with van der Waals surface area (Å²) in [6, 6.07) is 0.139. The molecule has 1 unspecified atom stereocenters. The second-order valence-corrected chi connectivity index (χ2v) is 7.05. The molecule has 0 fully saturated rings. The van der Waals surface area contributed by atoms with Crippen LogP contribution < -0.4 is 5.32 Å². The van der Waals surface area contributed by atoms with E-state index in [4.69, 9.17) is 0 Å². The number of carbonyl (C=O) groups is 1. The molecule has 0 saturated heterocycles. The van der Waals surface area contributed by atoms with Gasteiger partial charge in [0.1, 0.15) is 0 Å². The Morgan fingerprint density at radius 1 is 1.16 bits per heavy atom. The number of carbonyl (C=O) groups excluding carboxylic acids is 1. The third kappa shape index (κ3) is 7.59. The Balaban J connectivity index is 2.54. The lowest BCUT2D eigenvalue weighted by Gasteiger charge is -2.26. The topological polar surface area (TPSA) is 50.2 Å². The van der Waals surface area contributed by atoms with Crippen molar-refractivity contribution in [2.75, 3.05) is 19.6 Å². The maximum absolute atomic E-state index is 12.5. The van der Waals surface area contributed by atoms with Crippen LogP contribution in [0.1, 0.15) is 82.3 Å². The number of unbranched alkanes of at least 4 members (excludes halogenated alkanes) is 4. The third-order valence-corrected chi connectivity index (χ3v) is 4.71. The molecule has 144 valence electrons. The van der Waals surface area contributed by atoms with Crippen molar-refractivity contribution in [3.8, 4) is 0 Å². The van der Waals surface area contributed by atoms with E-state index in [1.807, 2.05) is 18.5 Å². The van der Waals surface area contributed by atoms with E-state index in [-0.39, 0.29) is 11.9 Å². The molecule has 5 nitrogen and oxygen atoms in total. The van der Waals surface area contributed by atoms with Crippen molar-refractivity contribution in [1.82, 2.24) is 20.0 Å². The van der Waals surface area contributed by atoms with E-state index in [1.54, 1.807) is 6.20 Å². The fourth-order valence-electron chi connectivity index (χ4n) is 3.19. The Hall–Kier alpha value is -1.36. The highest BCUT2D eigenvalue weighted by molar-refractivity contribution is 5.95. The number of amides is 1. The molecular formula is C20H38N4O. The minimum Gasteiger partial charge on any atom is -0.348 e. The smallest absolute Gasteiger partial charge is 0.254 e. The number of nitrogens with zero attached hydrogens (tertiary/aromatic N) is 3. The van der Waals surface area contributed by atoms with Crippen LogP contribution in [0.5, 0.6) is 0 Å². The van der Waals surface area contributed by atoms with Gasteiger partial charge in [-0.15, -0.1) is 0 Å². The lowest BCUT2D eigenvalue weighted by molar-refractivity contribution is 0.0927. The third-order valence-electron chi connectivity index (χ3n) is 4.71. The second-order valence-electron chi connectivity index (χ2n) is 7.05. The monoisotopic (exact) mass is 350 g/mol. The predicted molar refractivity (Wildman–Crippen MR) is 105 cm³/mol. The Kier molecular flexibility index (Phi) is 10.5. The van der Waals surface area contributed by atoms with Crippen molar-refractivity contribution in [3.05, 3.63) is 17.5 Å². The summed E-state index contributed by atoms with van der Waals surface area (Å²) >= 11 is 0. The summed E-state index contributed by atoms with van der Waals surface area (Å²) in [6.07, 6.45) is 9.21. The van der Waals surface area contributed by atoms with Gasteiger partial charge in [-0.25, -0.2) is 0 Å². The zero-order valence-electron chi connectivity index (χ0n) is 17.0. The van der Waals surface area contributed by atoms with Gasteiger partial charge in [0.15, 0.2) is 0 Å². The zero-order chi connectivity index (χ0) is 18.7. The molecule has 1 aromatic heterocycles. The molecule has 0 aliphatic carbocycles. The molecule has 0 saturated carbocycles. The highest BCUT2D eigenvalue weighted by atomic mass is 16.1. The average Bonchev–Trinajstić information content (AvgIpc) is 2.95. The fourth-order valence-corrected chi connectivity index (χ4v) is 3.19. The fraction of sp³-hybridized carbons (Fsp3) is 0.800. The van der Waals surface area contributed by atoms with Crippen LogP contribution in [0, 0.1) is 6.92 Å². The van der Waals surface area contributed by atoms with Crippen molar-refractivity contribution < 1.29 is 4.79 Å². The molecule has 0 spiro atoms. The maximum Gasteiger partial charge on any atom is 0.254 e. The first kappa shape index (κ1) is 21.7. The highest BCUT2D eigenvalue weighted by Gasteiger charge is 2.17. The summed E-state index contributed by atoms with van der Waals surface area (Å²) in [5.74, 6) is -0.00762. The van der Waals surface area contributed by atoms with Crippen LogP contribution in [0.3, 0.4) is 0 Å². The van der Waals surface area contributed by atoms with Crippen molar-refractivity contribution in [3.63, 3.8) is 0 Å². The SMILES string of the molecule is CCCCCN(CCCCC)CC(C)NC(=O)c1cnn(CC)c1C. The first-order chi connectivity index (χ1) is 12.0. The number of aryl methyl sites for hydroxylation is 1. The van der Waals surface area contributed by atoms with Crippen LogP contribution in [0.4, 0.5) is 0 Å². The van der Waals surface area contributed by atoms with Crippen LogP contribution in [0.15, 0.2) is 6.20 Å². The molecule has 1 N–H and O–H groups in total. The molecule has 1 aromatic rings. The van der Waals surface area contributed by atoms with Gasteiger partial charge in [-0.2, -0.15) is 5.10 Å². The van der Waals surface area contributed by atoms with Gasteiger partial charge in [-0.3, -0.25) is 9.48 Å². The van der Waals surface area contributed by atoms with Crippen molar-refractivity contribution >= 4 is 5.91 Å². The summed E-state index contributed by atoms with van der Waals surface area (Å²) in [5, 5.41) is 7.42. The largest absolute Gasteiger partial charge is 0.348 e. The average molecular weight is 351 g/mol. The minimum atomic E-state index is -0.00762. The second kappa shape index (κ2) is 12.1. The Bertz CT molecular complexity index is 488. The molecule has 1 amide bonds. The van der Waals surface area contributed by atoms with Crippen molar-refractivity contribution in [1.29, 1.82) is 0 Å².